The first-order chi connectivity index (χ1) is 9.15. The van der Waals surface area contributed by atoms with E-state index in [9.17, 15) is 9.59 Å². The largest absolute Gasteiger partial charge is 0.508 e. The summed E-state index contributed by atoms with van der Waals surface area (Å²) in [6.45, 7) is 0.0106. The van der Waals surface area contributed by atoms with E-state index in [0.29, 0.717) is 6.42 Å². The molecule has 0 aliphatic heterocycles. The molecule has 19 heavy (non-hydrogen) atoms. The van der Waals surface area contributed by atoms with Gasteiger partial charge in [0.25, 0.3) is 0 Å². The molecule has 0 radical (unpaired) electrons. The molecule has 1 N–H and O–H groups in total. The second-order valence-corrected chi connectivity index (χ2v) is 3.79. The Morgan fingerprint density at radius 2 is 1.84 bits per heavy atom. The van der Waals surface area contributed by atoms with Crippen LogP contribution in [0.25, 0.3) is 0 Å². The summed E-state index contributed by atoms with van der Waals surface area (Å²) in [7, 11) is 2.50. The van der Waals surface area contributed by atoms with Crippen molar-refractivity contribution in [2.45, 2.75) is 12.5 Å². The molecule has 0 fully saturated rings. The van der Waals surface area contributed by atoms with Crippen LogP contribution in [-0.4, -0.2) is 39.1 Å². The molecule has 0 aliphatic rings. The SMILES string of the molecule is COC(=O)N[C@H](COC(=O)OC)Cc1ccccc1. The molecule has 1 aromatic carbocycles. The fraction of sp³-hybridized carbons (Fsp3) is 0.385. The van der Waals surface area contributed by atoms with Crippen molar-refractivity contribution in [2.75, 3.05) is 20.8 Å². The number of hydrogen-bond donors (Lipinski definition) is 1. The van der Waals surface area contributed by atoms with Crippen LogP contribution in [0.2, 0.25) is 0 Å². The van der Waals surface area contributed by atoms with E-state index in [2.05, 4.69) is 14.8 Å². The maximum Gasteiger partial charge on any atom is 0.508 e. The van der Waals surface area contributed by atoms with Crippen LogP contribution in [0.15, 0.2) is 30.3 Å². The summed E-state index contributed by atoms with van der Waals surface area (Å²) in [5.74, 6) is 0. The van der Waals surface area contributed by atoms with Crippen LogP contribution in [0, 0.1) is 0 Å². The Morgan fingerprint density at radius 3 is 2.42 bits per heavy atom. The van der Waals surface area contributed by atoms with E-state index < -0.39 is 12.2 Å². The van der Waals surface area contributed by atoms with Gasteiger partial charge in [-0.05, 0) is 12.0 Å². The van der Waals surface area contributed by atoms with E-state index in [1.807, 2.05) is 30.3 Å². The maximum absolute atomic E-state index is 11.2. The summed E-state index contributed by atoms with van der Waals surface area (Å²) in [6, 6.07) is 9.15. The van der Waals surface area contributed by atoms with Crippen LogP contribution < -0.4 is 5.32 Å². The van der Waals surface area contributed by atoms with Gasteiger partial charge in [0.05, 0.1) is 20.3 Å². The smallest absolute Gasteiger partial charge is 0.453 e. The quantitative estimate of drug-likeness (QED) is 0.822. The van der Waals surface area contributed by atoms with Crippen molar-refractivity contribution >= 4 is 12.2 Å². The molecule has 1 atom stereocenters. The Labute approximate surface area is 111 Å². The molecule has 6 nitrogen and oxygen atoms in total. The molecule has 1 amide bonds. The molecule has 0 saturated heterocycles. The highest BCUT2D eigenvalue weighted by Gasteiger charge is 2.16. The zero-order chi connectivity index (χ0) is 14.1. The van der Waals surface area contributed by atoms with Gasteiger partial charge in [-0.2, -0.15) is 0 Å². The number of hydrogen-bond acceptors (Lipinski definition) is 5. The van der Waals surface area contributed by atoms with Crippen molar-refractivity contribution in [1.82, 2.24) is 5.32 Å². The first-order valence-corrected chi connectivity index (χ1v) is 5.75. The zero-order valence-corrected chi connectivity index (χ0v) is 10.9. The van der Waals surface area contributed by atoms with Gasteiger partial charge in [-0.15, -0.1) is 0 Å². The molecule has 0 unspecified atom stereocenters. The average molecular weight is 267 g/mol. The van der Waals surface area contributed by atoms with Gasteiger partial charge < -0.3 is 19.5 Å². The predicted molar refractivity (Wildman–Crippen MR) is 67.8 cm³/mol. The lowest BCUT2D eigenvalue weighted by Crippen LogP contribution is -2.40. The van der Waals surface area contributed by atoms with Crippen LogP contribution in [0.3, 0.4) is 0 Å². The van der Waals surface area contributed by atoms with E-state index in [-0.39, 0.29) is 12.6 Å². The van der Waals surface area contributed by atoms with Crippen LogP contribution in [-0.2, 0) is 20.6 Å². The monoisotopic (exact) mass is 267 g/mol. The second-order valence-electron chi connectivity index (χ2n) is 3.79. The van der Waals surface area contributed by atoms with Crippen molar-refractivity contribution in [2.24, 2.45) is 0 Å². The summed E-state index contributed by atoms with van der Waals surface area (Å²) in [6.07, 6.45) is -0.841. The fourth-order valence-corrected chi connectivity index (χ4v) is 1.50. The summed E-state index contributed by atoms with van der Waals surface area (Å²) in [5, 5.41) is 2.60. The fourth-order valence-electron chi connectivity index (χ4n) is 1.50. The number of methoxy groups -OCH3 is 2. The number of ether oxygens (including phenoxy) is 3. The Kier molecular flexibility index (Phi) is 6.21. The molecule has 0 spiro atoms. The standard InChI is InChI=1S/C13H17NO5/c1-17-12(15)14-11(9-19-13(16)18-2)8-10-6-4-3-5-7-10/h3-7,11H,8-9H2,1-2H3,(H,14,15)/t11-/m0/s1. The van der Waals surface area contributed by atoms with Gasteiger partial charge in [-0.3, -0.25) is 0 Å². The van der Waals surface area contributed by atoms with Gasteiger partial charge in [0, 0.05) is 0 Å². The minimum Gasteiger partial charge on any atom is -0.453 e. The summed E-state index contributed by atoms with van der Waals surface area (Å²) >= 11 is 0. The third-order valence-corrected chi connectivity index (χ3v) is 2.40. The first kappa shape index (κ1) is 14.8. The lowest BCUT2D eigenvalue weighted by atomic mass is 10.1. The molecule has 0 saturated carbocycles. The molecule has 0 aromatic heterocycles. The van der Waals surface area contributed by atoms with Crippen molar-refractivity contribution in [1.29, 1.82) is 0 Å². The number of carbonyl (C=O) groups is 2. The minimum atomic E-state index is -0.787. The van der Waals surface area contributed by atoms with Crippen LogP contribution in [0.4, 0.5) is 9.59 Å². The highest BCUT2D eigenvalue weighted by atomic mass is 16.7. The van der Waals surface area contributed by atoms with Gasteiger partial charge in [0.2, 0.25) is 0 Å². The van der Waals surface area contributed by atoms with E-state index in [0.717, 1.165) is 5.56 Å². The number of amides is 1. The van der Waals surface area contributed by atoms with Gasteiger partial charge in [0.15, 0.2) is 0 Å². The van der Waals surface area contributed by atoms with Crippen molar-refractivity contribution in [3.63, 3.8) is 0 Å². The molecular formula is C13H17NO5. The Bertz CT molecular complexity index is 407. The van der Waals surface area contributed by atoms with Crippen molar-refractivity contribution < 1.29 is 23.8 Å². The third-order valence-electron chi connectivity index (χ3n) is 2.40. The molecule has 0 bridgehead atoms. The predicted octanol–water partition coefficient (Wildman–Crippen LogP) is 1.74. The van der Waals surface area contributed by atoms with E-state index >= 15 is 0 Å². The third kappa shape index (κ3) is 5.76. The van der Waals surface area contributed by atoms with Crippen LogP contribution in [0.5, 0.6) is 0 Å². The lowest BCUT2D eigenvalue weighted by Gasteiger charge is -2.17. The summed E-state index contributed by atoms with van der Waals surface area (Å²) in [4.78, 5) is 22.2. The van der Waals surface area contributed by atoms with E-state index in [4.69, 9.17) is 4.74 Å². The molecule has 0 aliphatic carbocycles. The van der Waals surface area contributed by atoms with Crippen molar-refractivity contribution in [3.05, 3.63) is 35.9 Å². The summed E-state index contributed by atoms with van der Waals surface area (Å²) < 4.78 is 13.7. The van der Waals surface area contributed by atoms with Crippen LogP contribution in [0.1, 0.15) is 5.56 Å². The average Bonchev–Trinajstić information content (AvgIpc) is 2.45. The number of carbonyl (C=O) groups excluding carboxylic acids is 2. The highest BCUT2D eigenvalue weighted by Crippen LogP contribution is 2.04. The lowest BCUT2D eigenvalue weighted by molar-refractivity contribution is 0.0637. The van der Waals surface area contributed by atoms with Gasteiger partial charge in [-0.25, -0.2) is 9.59 Å². The molecule has 1 aromatic rings. The first-order valence-electron chi connectivity index (χ1n) is 5.75. The van der Waals surface area contributed by atoms with Gasteiger partial charge in [0.1, 0.15) is 6.61 Å². The topological polar surface area (TPSA) is 73.9 Å². The summed E-state index contributed by atoms with van der Waals surface area (Å²) in [5.41, 5.74) is 1.01. The number of nitrogens with one attached hydrogen (secondary N) is 1. The maximum atomic E-state index is 11.2. The molecule has 104 valence electrons. The Morgan fingerprint density at radius 1 is 1.16 bits per heavy atom. The van der Waals surface area contributed by atoms with E-state index in [1.54, 1.807) is 0 Å². The van der Waals surface area contributed by atoms with Gasteiger partial charge in [-0.1, -0.05) is 30.3 Å². The van der Waals surface area contributed by atoms with Gasteiger partial charge >= 0.3 is 12.2 Å². The number of rotatable bonds is 5. The Balaban J connectivity index is 2.58. The Hall–Kier alpha value is -2.24. The number of alkyl carbamates (subject to hydrolysis) is 1. The molecule has 1 rings (SSSR count). The second kappa shape index (κ2) is 7.97. The number of benzene rings is 1. The normalized spacial score (nSPS) is 11.3. The van der Waals surface area contributed by atoms with Crippen LogP contribution >= 0.6 is 0 Å². The van der Waals surface area contributed by atoms with E-state index in [1.165, 1.54) is 14.2 Å². The molecule has 6 heteroatoms. The molecule has 0 heterocycles. The van der Waals surface area contributed by atoms with Crippen molar-refractivity contribution in [3.8, 4) is 0 Å². The zero-order valence-electron chi connectivity index (χ0n) is 10.9. The molecular weight excluding hydrogens is 250 g/mol. The highest BCUT2D eigenvalue weighted by molar-refractivity contribution is 5.67. The minimum absolute atomic E-state index is 0.0106.